The number of rotatable bonds is 4. The summed E-state index contributed by atoms with van der Waals surface area (Å²) in [5, 5.41) is 5.88. The molecular formula is C19H27N3O2. The molecule has 2 bridgehead atoms. The fraction of sp³-hybridized carbons (Fsp3) is 0.579. The molecule has 4 atom stereocenters. The van der Waals surface area contributed by atoms with Crippen LogP contribution in [-0.2, 0) is 4.79 Å². The number of amides is 2. The number of carbonyl (C=O) groups is 2. The summed E-state index contributed by atoms with van der Waals surface area (Å²) in [6.07, 6.45) is 3.37. The van der Waals surface area contributed by atoms with Crippen molar-refractivity contribution in [2.24, 2.45) is 23.5 Å². The Balaban J connectivity index is 1.69. The van der Waals surface area contributed by atoms with Gasteiger partial charge in [-0.05, 0) is 75.6 Å². The number of fused-ring (bicyclic) bond motifs is 2. The lowest BCUT2D eigenvalue weighted by atomic mass is 9.84. The van der Waals surface area contributed by atoms with Crippen molar-refractivity contribution in [3.05, 3.63) is 29.3 Å². The summed E-state index contributed by atoms with van der Waals surface area (Å²) in [6.45, 7) is 5.74. The van der Waals surface area contributed by atoms with Gasteiger partial charge in [0.2, 0.25) is 5.91 Å². The molecule has 130 valence electrons. The fourth-order valence-corrected chi connectivity index (χ4v) is 4.29. The van der Waals surface area contributed by atoms with E-state index >= 15 is 0 Å². The second-order valence-electron chi connectivity index (χ2n) is 7.58. The average molecular weight is 329 g/mol. The maximum atomic E-state index is 12.6. The predicted octanol–water partition coefficient (Wildman–Crippen LogP) is 2.45. The van der Waals surface area contributed by atoms with Gasteiger partial charge in [-0.1, -0.05) is 0 Å². The lowest BCUT2D eigenvalue weighted by Crippen LogP contribution is -2.42. The maximum absolute atomic E-state index is 12.6. The molecule has 2 saturated carbocycles. The summed E-state index contributed by atoms with van der Waals surface area (Å²) in [6, 6.07) is 5.49. The summed E-state index contributed by atoms with van der Waals surface area (Å²) < 4.78 is 0. The predicted molar refractivity (Wildman–Crippen MR) is 94.7 cm³/mol. The van der Waals surface area contributed by atoms with Gasteiger partial charge in [0, 0.05) is 23.3 Å². The molecule has 5 nitrogen and oxygen atoms in total. The molecule has 0 aliphatic heterocycles. The van der Waals surface area contributed by atoms with E-state index in [0.29, 0.717) is 17.4 Å². The quantitative estimate of drug-likeness (QED) is 0.793. The van der Waals surface area contributed by atoms with E-state index in [4.69, 9.17) is 5.73 Å². The standard InChI is InChI=1S/C19H27N3O2/c1-10(2)21-18(23)15-7-6-14(8-11(15)3)22-19(24)16-12-4-5-13(9-12)17(16)20/h6-8,10,12-13,16-17H,4-5,9,20H2,1-3H3,(H,21,23)(H,22,24). The highest BCUT2D eigenvalue weighted by atomic mass is 16.2. The van der Waals surface area contributed by atoms with Crippen LogP contribution in [0.4, 0.5) is 5.69 Å². The molecule has 0 spiro atoms. The van der Waals surface area contributed by atoms with Crippen molar-refractivity contribution >= 4 is 17.5 Å². The first-order chi connectivity index (χ1) is 11.4. The Kier molecular flexibility index (Phi) is 4.63. The van der Waals surface area contributed by atoms with Crippen LogP contribution in [0.15, 0.2) is 18.2 Å². The Morgan fingerprint density at radius 2 is 1.92 bits per heavy atom. The number of benzene rings is 1. The van der Waals surface area contributed by atoms with Gasteiger partial charge in [0.1, 0.15) is 0 Å². The van der Waals surface area contributed by atoms with Gasteiger partial charge in [0.05, 0.1) is 5.92 Å². The molecule has 2 aliphatic carbocycles. The number of nitrogens with one attached hydrogen (secondary N) is 2. The van der Waals surface area contributed by atoms with Gasteiger partial charge in [0.25, 0.3) is 5.91 Å². The number of nitrogens with two attached hydrogens (primary N) is 1. The molecule has 0 aromatic heterocycles. The summed E-state index contributed by atoms with van der Waals surface area (Å²) in [5.41, 5.74) is 8.46. The smallest absolute Gasteiger partial charge is 0.251 e. The highest BCUT2D eigenvalue weighted by Crippen LogP contribution is 2.47. The lowest BCUT2D eigenvalue weighted by molar-refractivity contribution is -0.121. The van der Waals surface area contributed by atoms with Crippen LogP contribution in [0.25, 0.3) is 0 Å². The molecule has 4 N–H and O–H groups in total. The monoisotopic (exact) mass is 329 g/mol. The van der Waals surface area contributed by atoms with Crippen LogP contribution in [0.2, 0.25) is 0 Å². The van der Waals surface area contributed by atoms with Gasteiger partial charge in [-0.25, -0.2) is 0 Å². The number of hydrogen-bond donors (Lipinski definition) is 3. The molecule has 2 amide bonds. The van der Waals surface area contributed by atoms with Crippen LogP contribution in [0.3, 0.4) is 0 Å². The van der Waals surface area contributed by atoms with Crippen molar-refractivity contribution in [3.8, 4) is 0 Å². The first-order valence-electron chi connectivity index (χ1n) is 8.84. The summed E-state index contributed by atoms with van der Waals surface area (Å²) in [5.74, 6) is 0.800. The minimum Gasteiger partial charge on any atom is -0.350 e. The third kappa shape index (κ3) is 3.18. The van der Waals surface area contributed by atoms with Crippen molar-refractivity contribution in [1.29, 1.82) is 0 Å². The second-order valence-corrected chi connectivity index (χ2v) is 7.58. The van der Waals surface area contributed by atoms with E-state index in [9.17, 15) is 9.59 Å². The van der Waals surface area contributed by atoms with E-state index in [1.165, 1.54) is 0 Å². The normalized spacial score (nSPS) is 28.2. The van der Waals surface area contributed by atoms with E-state index < -0.39 is 0 Å². The Morgan fingerprint density at radius 1 is 1.21 bits per heavy atom. The molecule has 2 fully saturated rings. The zero-order chi connectivity index (χ0) is 17.4. The molecule has 4 unspecified atom stereocenters. The number of aryl methyl sites for hydroxylation is 1. The summed E-state index contributed by atoms with van der Waals surface area (Å²) in [7, 11) is 0. The van der Waals surface area contributed by atoms with E-state index in [1.807, 2.05) is 26.8 Å². The molecule has 1 aromatic carbocycles. The number of carbonyl (C=O) groups excluding carboxylic acids is 2. The fourth-order valence-electron chi connectivity index (χ4n) is 4.29. The van der Waals surface area contributed by atoms with Crippen LogP contribution < -0.4 is 16.4 Å². The minimum atomic E-state index is -0.0875. The van der Waals surface area contributed by atoms with Gasteiger partial charge in [0.15, 0.2) is 0 Å². The minimum absolute atomic E-state index is 0.0130. The van der Waals surface area contributed by atoms with Gasteiger partial charge in [-0.3, -0.25) is 9.59 Å². The zero-order valence-electron chi connectivity index (χ0n) is 14.6. The first-order valence-corrected chi connectivity index (χ1v) is 8.84. The highest BCUT2D eigenvalue weighted by molar-refractivity contribution is 5.98. The average Bonchev–Trinajstić information content (AvgIpc) is 3.07. The van der Waals surface area contributed by atoms with E-state index in [1.54, 1.807) is 12.1 Å². The van der Waals surface area contributed by atoms with Crippen LogP contribution in [-0.4, -0.2) is 23.9 Å². The lowest BCUT2D eigenvalue weighted by Gasteiger charge is -2.27. The highest BCUT2D eigenvalue weighted by Gasteiger charge is 2.49. The van der Waals surface area contributed by atoms with Crippen molar-refractivity contribution in [2.45, 2.75) is 52.1 Å². The number of anilines is 1. The second kappa shape index (κ2) is 6.55. The summed E-state index contributed by atoms with van der Waals surface area (Å²) >= 11 is 0. The van der Waals surface area contributed by atoms with Crippen molar-refractivity contribution < 1.29 is 9.59 Å². The van der Waals surface area contributed by atoms with Crippen LogP contribution in [0.1, 0.15) is 49.0 Å². The van der Waals surface area contributed by atoms with Crippen molar-refractivity contribution in [3.63, 3.8) is 0 Å². The molecule has 1 aromatic rings. The number of hydrogen-bond acceptors (Lipinski definition) is 3. The zero-order valence-corrected chi connectivity index (χ0v) is 14.6. The van der Waals surface area contributed by atoms with Gasteiger partial charge >= 0.3 is 0 Å². The van der Waals surface area contributed by atoms with Crippen LogP contribution >= 0.6 is 0 Å². The molecule has 0 heterocycles. The maximum Gasteiger partial charge on any atom is 0.251 e. The van der Waals surface area contributed by atoms with E-state index in [2.05, 4.69) is 10.6 Å². The van der Waals surface area contributed by atoms with Gasteiger partial charge < -0.3 is 16.4 Å². The molecular weight excluding hydrogens is 302 g/mol. The Morgan fingerprint density at radius 3 is 2.50 bits per heavy atom. The third-order valence-corrected chi connectivity index (χ3v) is 5.44. The Bertz CT molecular complexity index is 654. The molecule has 2 aliphatic rings. The van der Waals surface area contributed by atoms with Crippen molar-refractivity contribution in [2.75, 3.05) is 5.32 Å². The topological polar surface area (TPSA) is 84.2 Å². The largest absolute Gasteiger partial charge is 0.350 e. The van der Waals surface area contributed by atoms with Crippen LogP contribution in [0.5, 0.6) is 0 Å². The molecule has 0 radical (unpaired) electrons. The molecule has 3 rings (SSSR count). The van der Waals surface area contributed by atoms with Crippen LogP contribution in [0, 0.1) is 24.7 Å². The van der Waals surface area contributed by atoms with Gasteiger partial charge in [-0.2, -0.15) is 0 Å². The molecule has 5 heteroatoms. The summed E-state index contributed by atoms with van der Waals surface area (Å²) in [4.78, 5) is 24.8. The van der Waals surface area contributed by atoms with Gasteiger partial charge in [-0.15, -0.1) is 0 Å². The van der Waals surface area contributed by atoms with E-state index in [0.717, 1.165) is 30.5 Å². The third-order valence-electron chi connectivity index (χ3n) is 5.44. The van der Waals surface area contributed by atoms with E-state index in [-0.39, 0.29) is 29.8 Å². The molecule has 24 heavy (non-hydrogen) atoms. The Labute approximate surface area is 143 Å². The SMILES string of the molecule is Cc1cc(NC(=O)C2C3CCC(C3)C2N)ccc1C(=O)NC(C)C. The van der Waals surface area contributed by atoms with Crippen molar-refractivity contribution in [1.82, 2.24) is 5.32 Å². The molecule has 0 saturated heterocycles. The Hall–Kier alpha value is -1.88. The first kappa shape index (κ1) is 17.0.